The molecular weight excluding hydrogens is 258 g/mol. The molecule has 2 nitrogen and oxygen atoms in total. The second-order valence-electron chi connectivity index (χ2n) is 6.64. The van der Waals surface area contributed by atoms with Crippen LogP contribution in [0.5, 0.6) is 0 Å². The van der Waals surface area contributed by atoms with Crippen molar-refractivity contribution in [3.63, 3.8) is 0 Å². The van der Waals surface area contributed by atoms with E-state index in [1.165, 1.54) is 6.07 Å². The van der Waals surface area contributed by atoms with E-state index in [1.54, 1.807) is 18.2 Å². The zero-order chi connectivity index (χ0) is 14.2. The van der Waals surface area contributed by atoms with Gasteiger partial charge in [0.25, 0.3) is 0 Å². The Balaban J connectivity index is 1.71. The van der Waals surface area contributed by atoms with E-state index in [-0.39, 0.29) is 11.0 Å². The van der Waals surface area contributed by atoms with Gasteiger partial charge in [0, 0.05) is 31.7 Å². The Bertz CT molecular complexity index is 485. The highest BCUT2D eigenvalue weighted by atomic mass is 19.1. The molecule has 20 heavy (non-hydrogen) atoms. The number of nitrogens with one attached hydrogen (secondary N) is 1. The van der Waals surface area contributed by atoms with Gasteiger partial charge in [-0.05, 0) is 30.9 Å². The summed E-state index contributed by atoms with van der Waals surface area (Å²) in [7, 11) is 0. The highest BCUT2D eigenvalue weighted by Crippen LogP contribution is 2.39. The predicted molar refractivity (Wildman–Crippen MR) is 75.8 cm³/mol. The van der Waals surface area contributed by atoms with Crippen LogP contribution < -0.4 is 5.32 Å². The van der Waals surface area contributed by atoms with Gasteiger partial charge in [-0.2, -0.15) is 0 Å². The number of benzene rings is 1. The van der Waals surface area contributed by atoms with E-state index in [1.807, 2.05) is 0 Å². The van der Waals surface area contributed by atoms with E-state index in [2.05, 4.69) is 17.1 Å². The number of rotatable bonds is 3. The molecule has 110 valence electrons. The lowest BCUT2D eigenvalue weighted by atomic mass is 9.89. The summed E-state index contributed by atoms with van der Waals surface area (Å²) in [5, 5.41) is 3.37. The molecule has 0 radical (unpaired) electrons. The highest BCUT2D eigenvalue weighted by Gasteiger charge is 2.43. The molecule has 0 spiro atoms. The molecule has 1 N–H and O–H groups in total. The molecule has 2 aliphatic heterocycles. The van der Waals surface area contributed by atoms with E-state index in [0.29, 0.717) is 19.5 Å². The monoisotopic (exact) mass is 280 g/mol. The lowest BCUT2D eigenvalue weighted by molar-refractivity contribution is 0.140. The van der Waals surface area contributed by atoms with Gasteiger partial charge in [-0.1, -0.05) is 25.1 Å². The van der Waals surface area contributed by atoms with Crippen LogP contribution in [0.2, 0.25) is 0 Å². The first-order chi connectivity index (χ1) is 9.51. The van der Waals surface area contributed by atoms with E-state index < -0.39 is 11.5 Å². The first kappa shape index (κ1) is 14.0. The molecule has 0 aromatic heterocycles. The topological polar surface area (TPSA) is 15.3 Å². The number of nitrogens with zero attached hydrogens (tertiary/aromatic N) is 1. The van der Waals surface area contributed by atoms with Crippen LogP contribution in [0.25, 0.3) is 0 Å². The van der Waals surface area contributed by atoms with E-state index in [0.717, 1.165) is 26.1 Å². The Labute approximate surface area is 119 Å². The van der Waals surface area contributed by atoms with Gasteiger partial charge in [-0.25, -0.2) is 8.78 Å². The van der Waals surface area contributed by atoms with Crippen molar-refractivity contribution in [2.45, 2.75) is 25.4 Å². The van der Waals surface area contributed by atoms with Gasteiger partial charge in [0.15, 0.2) is 5.67 Å². The van der Waals surface area contributed by atoms with Gasteiger partial charge >= 0.3 is 0 Å². The fourth-order valence-corrected chi connectivity index (χ4v) is 3.57. The predicted octanol–water partition coefficient (Wildman–Crippen LogP) is 2.70. The largest absolute Gasteiger partial charge is 0.316 e. The summed E-state index contributed by atoms with van der Waals surface area (Å²) in [6.07, 6.45) is 1.51. The van der Waals surface area contributed by atoms with Crippen LogP contribution in [0, 0.1) is 11.2 Å². The molecule has 2 atom stereocenters. The molecule has 2 unspecified atom stereocenters. The fraction of sp³-hybridized carbons (Fsp3) is 0.625. The molecule has 2 heterocycles. The first-order valence-electron chi connectivity index (χ1n) is 7.38. The maximum atomic E-state index is 15.1. The minimum Gasteiger partial charge on any atom is -0.316 e. The number of alkyl halides is 1. The summed E-state index contributed by atoms with van der Waals surface area (Å²) in [5.41, 5.74) is -1.09. The molecule has 2 saturated heterocycles. The summed E-state index contributed by atoms with van der Waals surface area (Å²) in [5.74, 6) is -0.425. The van der Waals surface area contributed by atoms with Gasteiger partial charge in [0.05, 0.1) is 0 Å². The second-order valence-corrected chi connectivity index (χ2v) is 6.64. The summed E-state index contributed by atoms with van der Waals surface area (Å²) >= 11 is 0. The zero-order valence-electron chi connectivity index (χ0n) is 12.0. The normalized spacial score (nSPS) is 34.8. The molecule has 2 aliphatic rings. The van der Waals surface area contributed by atoms with Crippen molar-refractivity contribution in [2.24, 2.45) is 5.41 Å². The summed E-state index contributed by atoms with van der Waals surface area (Å²) in [4.78, 5) is 2.15. The third kappa shape index (κ3) is 2.59. The molecule has 0 amide bonds. The average molecular weight is 280 g/mol. The van der Waals surface area contributed by atoms with Crippen LogP contribution in [0.1, 0.15) is 25.3 Å². The first-order valence-corrected chi connectivity index (χ1v) is 7.38. The van der Waals surface area contributed by atoms with Crippen LogP contribution in [0.3, 0.4) is 0 Å². The Kier molecular flexibility index (Phi) is 3.55. The second kappa shape index (κ2) is 5.08. The van der Waals surface area contributed by atoms with Crippen molar-refractivity contribution < 1.29 is 8.78 Å². The molecule has 1 aromatic carbocycles. The van der Waals surface area contributed by atoms with E-state index in [4.69, 9.17) is 0 Å². The van der Waals surface area contributed by atoms with Crippen molar-refractivity contribution in [3.8, 4) is 0 Å². The molecule has 1 aromatic rings. The minimum atomic E-state index is -1.53. The number of likely N-dealkylation sites (tertiary alicyclic amines) is 1. The van der Waals surface area contributed by atoms with Gasteiger partial charge in [0.1, 0.15) is 5.82 Å². The quantitative estimate of drug-likeness (QED) is 0.916. The van der Waals surface area contributed by atoms with Gasteiger partial charge in [0.2, 0.25) is 0 Å². The smallest absolute Gasteiger partial charge is 0.152 e. The van der Waals surface area contributed by atoms with Crippen molar-refractivity contribution in [3.05, 3.63) is 35.6 Å². The molecule has 3 rings (SSSR count). The van der Waals surface area contributed by atoms with Crippen LogP contribution in [0.15, 0.2) is 24.3 Å². The van der Waals surface area contributed by atoms with Gasteiger partial charge in [-0.15, -0.1) is 0 Å². The Morgan fingerprint density at radius 2 is 2.10 bits per heavy atom. The lowest BCUT2D eigenvalue weighted by Crippen LogP contribution is -2.37. The van der Waals surface area contributed by atoms with Crippen LogP contribution >= 0.6 is 0 Å². The maximum Gasteiger partial charge on any atom is 0.152 e. The van der Waals surface area contributed by atoms with Crippen LogP contribution in [0.4, 0.5) is 8.78 Å². The Hall–Kier alpha value is -1.00. The fourth-order valence-electron chi connectivity index (χ4n) is 3.57. The third-order valence-corrected chi connectivity index (χ3v) is 4.72. The van der Waals surface area contributed by atoms with Gasteiger partial charge < -0.3 is 5.32 Å². The van der Waals surface area contributed by atoms with Crippen molar-refractivity contribution >= 4 is 0 Å². The molecule has 0 bridgehead atoms. The standard InChI is InChI=1S/C16H22F2N2/c1-15(6-8-19-10-15)11-20-9-7-16(18,12-20)13-4-2-3-5-14(13)17/h2-5,19H,6-12H2,1H3. The van der Waals surface area contributed by atoms with E-state index >= 15 is 4.39 Å². The van der Waals surface area contributed by atoms with Crippen molar-refractivity contribution in [2.75, 3.05) is 32.7 Å². The average Bonchev–Trinajstić information content (AvgIpc) is 2.98. The molecule has 4 heteroatoms. The lowest BCUT2D eigenvalue weighted by Gasteiger charge is -2.29. The van der Waals surface area contributed by atoms with E-state index in [9.17, 15) is 4.39 Å². The molecular formula is C16H22F2N2. The van der Waals surface area contributed by atoms with Gasteiger partial charge in [-0.3, -0.25) is 4.90 Å². The van der Waals surface area contributed by atoms with Crippen LogP contribution in [-0.2, 0) is 5.67 Å². The SMILES string of the molecule is CC1(CN2CCC(F)(c3ccccc3F)C2)CCNC1. The summed E-state index contributed by atoms with van der Waals surface area (Å²) in [6.45, 7) is 6.18. The van der Waals surface area contributed by atoms with Crippen LogP contribution in [-0.4, -0.2) is 37.6 Å². The molecule has 0 aliphatic carbocycles. The Morgan fingerprint density at radius 1 is 1.30 bits per heavy atom. The minimum absolute atomic E-state index is 0.220. The molecule has 0 saturated carbocycles. The molecule has 2 fully saturated rings. The number of halogens is 2. The Morgan fingerprint density at radius 3 is 2.80 bits per heavy atom. The number of hydrogen-bond acceptors (Lipinski definition) is 2. The maximum absolute atomic E-state index is 15.1. The highest BCUT2D eigenvalue weighted by molar-refractivity contribution is 5.26. The van der Waals surface area contributed by atoms with Crippen molar-refractivity contribution in [1.29, 1.82) is 0 Å². The number of hydrogen-bond donors (Lipinski definition) is 1. The summed E-state index contributed by atoms with van der Waals surface area (Å²) < 4.78 is 28.9. The third-order valence-electron chi connectivity index (χ3n) is 4.72. The summed E-state index contributed by atoms with van der Waals surface area (Å²) in [6, 6.07) is 6.25. The van der Waals surface area contributed by atoms with Crippen molar-refractivity contribution in [1.82, 2.24) is 10.2 Å². The zero-order valence-corrected chi connectivity index (χ0v) is 12.0.